The molecule has 12 heteroatoms. The number of phosphoric ester groups is 1. The van der Waals surface area contributed by atoms with Gasteiger partial charge in [-0.2, -0.15) is 0 Å². The number of phosphoric acid groups is 1. The van der Waals surface area contributed by atoms with Gasteiger partial charge in [0, 0.05) is 12.8 Å². The molecule has 4 N–H and O–H groups in total. The number of aliphatic hydroxyl groups is 1. The lowest BCUT2D eigenvalue weighted by Gasteiger charge is -2.18. The van der Waals surface area contributed by atoms with Gasteiger partial charge in [0.15, 0.2) is 6.04 Å². The molecule has 0 rings (SSSR count). The van der Waals surface area contributed by atoms with E-state index in [0.29, 0.717) is 12.8 Å². The quantitative estimate of drug-likeness (QED) is 0.0262. The van der Waals surface area contributed by atoms with E-state index < -0.39 is 57.6 Å². The summed E-state index contributed by atoms with van der Waals surface area (Å²) in [4.78, 5) is 46.1. The van der Waals surface area contributed by atoms with Crippen molar-refractivity contribution in [2.24, 2.45) is 0 Å². The standard InChI is InChI=1S/C51H100NO10P/c1-3-5-7-9-11-13-15-17-19-21-23-24-25-26-28-30-32-34-36-38-40-42-49(54)52-48(51(56)57)46-62-63(58,59)61-45-47(53)44-60-50(55)43-41-39-37-35-33-31-29-27-22-20-18-16-14-12-10-8-6-4-2/h47-48,53H,3-46H2,1-2H3,(H,52,54)(H,56,57)(H,58,59). The first-order valence-electron chi connectivity index (χ1n) is 26.6. The molecule has 0 aliphatic heterocycles. The maximum Gasteiger partial charge on any atom is 0.472 e. The van der Waals surface area contributed by atoms with Gasteiger partial charge in [-0.1, -0.05) is 251 Å². The number of ether oxygens (including phenoxy) is 1. The first-order chi connectivity index (χ1) is 30.6. The number of rotatable bonds is 51. The van der Waals surface area contributed by atoms with Gasteiger partial charge in [-0.05, 0) is 12.8 Å². The van der Waals surface area contributed by atoms with Crippen LogP contribution in [0.25, 0.3) is 0 Å². The minimum Gasteiger partial charge on any atom is -0.480 e. The van der Waals surface area contributed by atoms with E-state index in [-0.39, 0.29) is 12.8 Å². The summed E-state index contributed by atoms with van der Waals surface area (Å²) in [6, 6.07) is -1.54. The van der Waals surface area contributed by atoms with Gasteiger partial charge in [0.1, 0.15) is 12.7 Å². The third kappa shape index (κ3) is 46.8. The zero-order chi connectivity index (χ0) is 46.3. The Morgan fingerprint density at radius 1 is 0.444 bits per heavy atom. The van der Waals surface area contributed by atoms with Gasteiger partial charge in [-0.15, -0.1) is 0 Å². The van der Waals surface area contributed by atoms with E-state index in [9.17, 15) is 34.1 Å². The Morgan fingerprint density at radius 3 is 1.05 bits per heavy atom. The average molecular weight is 918 g/mol. The summed E-state index contributed by atoms with van der Waals surface area (Å²) in [7, 11) is -4.75. The Balaban J connectivity index is 3.77. The molecule has 0 aromatic rings. The number of hydrogen-bond donors (Lipinski definition) is 4. The van der Waals surface area contributed by atoms with Crippen molar-refractivity contribution in [3.63, 3.8) is 0 Å². The van der Waals surface area contributed by atoms with Gasteiger partial charge >= 0.3 is 19.8 Å². The summed E-state index contributed by atoms with van der Waals surface area (Å²) in [6.07, 6.45) is 48.4. The largest absolute Gasteiger partial charge is 0.480 e. The third-order valence-electron chi connectivity index (χ3n) is 12.1. The van der Waals surface area contributed by atoms with Crippen LogP contribution in [-0.4, -0.2) is 64.9 Å². The van der Waals surface area contributed by atoms with E-state index in [1.54, 1.807) is 0 Å². The fourth-order valence-corrected chi connectivity index (χ4v) is 8.80. The van der Waals surface area contributed by atoms with E-state index >= 15 is 0 Å². The average Bonchev–Trinajstić information content (AvgIpc) is 3.26. The second-order valence-corrected chi connectivity index (χ2v) is 19.9. The smallest absolute Gasteiger partial charge is 0.472 e. The van der Waals surface area contributed by atoms with Crippen molar-refractivity contribution in [2.45, 2.75) is 289 Å². The first kappa shape index (κ1) is 61.5. The van der Waals surface area contributed by atoms with Crippen LogP contribution in [0.15, 0.2) is 0 Å². The van der Waals surface area contributed by atoms with E-state index in [1.165, 1.54) is 199 Å². The summed E-state index contributed by atoms with van der Waals surface area (Å²) in [5.74, 6) is -2.34. The van der Waals surface area contributed by atoms with Crippen molar-refractivity contribution in [1.29, 1.82) is 0 Å². The summed E-state index contributed by atoms with van der Waals surface area (Å²) in [6.45, 7) is 2.66. The minimum absolute atomic E-state index is 0.153. The SMILES string of the molecule is CCCCCCCCCCCCCCCCCCCCCCCC(=O)NC(COP(=O)(O)OCC(O)COC(=O)CCCCCCCCCCCCCCCCCCCC)C(=O)O. The number of carbonyl (C=O) groups is 3. The van der Waals surface area contributed by atoms with Crippen LogP contribution in [0.1, 0.15) is 277 Å². The number of carbonyl (C=O) groups excluding carboxylic acids is 2. The predicted octanol–water partition coefficient (Wildman–Crippen LogP) is 14.6. The Hall–Kier alpha value is -1.52. The number of nitrogens with one attached hydrogen (secondary N) is 1. The van der Waals surface area contributed by atoms with E-state index in [2.05, 4.69) is 19.2 Å². The third-order valence-corrected chi connectivity index (χ3v) is 13.1. The molecular weight excluding hydrogens is 818 g/mol. The predicted molar refractivity (Wildman–Crippen MR) is 259 cm³/mol. The Kier molecular flexibility index (Phi) is 45.9. The van der Waals surface area contributed by atoms with Crippen molar-refractivity contribution in [2.75, 3.05) is 19.8 Å². The number of unbranched alkanes of at least 4 members (excludes halogenated alkanes) is 37. The lowest BCUT2D eigenvalue weighted by molar-refractivity contribution is -0.147. The molecule has 0 spiro atoms. The fraction of sp³-hybridized carbons (Fsp3) is 0.941. The van der Waals surface area contributed by atoms with Crippen LogP contribution >= 0.6 is 7.82 Å². The molecule has 3 atom stereocenters. The molecule has 63 heavy (non-hydrogen) atoms. The Labute approximate surface area is 386 Å². The molecule has 0 aliphatic carbocycles. The van der Waals surface area contributed by atoms with Gasteiger partial charge in [-0.25, -0.2) is 9.36 Å². The van der Waals surface area contributed by atoms with Gasteiger partial charge in [-0.3, -0.25) is 18.6 Å². The molecule has 0 saturated carbocycles. The molecule has 374 valence electrons. The molecule has 0 heterocycles. The Bertz CT molecular complexity index is 1080. The highest BCUT2D eigenvalue weighted by molar-refractivity contribution is 7.47. The van der Waals surface area contributed by atoms with Crippen molar-refractivity contribution in [1.82, 2.24) is 5.32 Å². The van der Waals surface area contributed by atoms with Gasteiger partial charge in [0.05, 0.1) is 13.2 Å². The van der Waals surface area contributed by atoms with Gasteiger partial charge < -0.3 is 25.2 Å². The second-order valence-electron chi connectivity index (χ2n) is 18.4. The van der Waals surface area contributed by atoms with Crippen LogP contribution in [0.3, 0.4) is 0 Å². The minimum atomic E-state index is -4.75. The van der Waals surface area contributed by atoms with Crippen molar-refractivity contribution in [3.8, 4) is 0 Å². The van der Waals surface area contributed by atoms with E-state index in [0.717, 1.165) is 38.5 Å². The van der Waals surface area contributed by atoms with Crippen LogP contribution in [0, 0.1) is 0 Å². The fourth-order valence-electron chi connectivity index (χ4n) is 8.03. The number of amides is 1. The first-order valence-corrected chi connectivity index (χ1v) is 28.1. The van der Waals surface area contributed by atoms with Crippen molar-refractivity contribution < 1.29 is 47.8 Å². The molecule has 3 unspecified atom stereocenters. The monoisotopic (exact) mass is 918 g/mol. The molecule has 0 bridgehead atoms. The van der Waals surface area contributed by atoms with E-state index in [1.807, 2.05) is 0 Å². The molecule has 0 aromatic heterocycles. The zero-order valence-electron chi connectivity index (χ0n) is 40.9. The van der Waals surface area contributed by atoms with Crippen LogP contribution in [-0.2, 0) is 32.7 Å². The highest BCUT2D eigenvalue weighted by Crippen LogP contribution is 2.43. The number of carboxylic acid groups (broad SMARTS) is 1. The van der Waals surface area contributed by atoms with Crippen LogP contribution < -0.4 is 5.32 Å². The molecule has 0 aliphatic rings. The van der Waals surface area contributed by atoms with Crippen LogP contribution in [0.5, 0.6) is 0 Å². The summed E-state index contributed by atoms with van der Waals surface area (Å²) in [5, 5.41) is 21.9. The maximum absolute atomic E-state index is 12.4. The molecule has 0 saturated heterocycles. The highest BCUT2D eigenvalue weighted by Gasteiger charge is 2.28. The lowest BCUT2D eigenvalue weighted by Crippen LogP contribution is -2.43. The summed E-state index contributed by atoms with van der Waals surface area (Å²) < 4.78 is 27.0. The molecule has 0 aromatic carbocycles. The molecular formula is C51H100NO10P. The Morgan fingerprint density at radius 2 is 0.730 bits per heavy atom. The zero-order valence-corrected chi connectivity index (χ0v) is 41.8. The summed E-state index contributed by atoms with van der Waals surface area (Å²) >= 11 is 0. The second kappa shape index (κ2) is 47.0. The van der Waals surface area contributed by atoms with E-state index in [4.69, 9.17) is 13.8 Å². The van der Waals surface area contributed by atoms with Gasteiger partial charge in [0.25, 0.3) is 0 Å². The molecule has 11 nitrogen and oxygen atoms in total. The van der Waals surface area contributed by atoms with Crippen LogP contribution in [0.2, 0.25) is 0 Å². The molecule has 0 radical (unpaired) electrons. The normalized spacial score (nSPS) is 13.5. The van der Waals surface area contributed by atoms with Crippen molar-refractivity contribution >= 4 is 25.7 Å². The number of hydrogen-bond acceptors (Lipinski definition) is 8. The summed E-state index contributed by atoms with van der Waals surface area (Å²) in [5.41, 5.74) is 0. The maximum atomic E-state index is 12.4. The number of carboxylic acids is 1. The van der Waals surface area contributed by atoms with Crippen molar-refractivity contribution in [3.05, 3.63) is 0 Å². The van der Waals surface area contributed by atoms with Gasteiger partial charge in [0.2, 0.25) is 5.91 Å². The highest BCUT2D eigenvalue weighted by atomic mass is 31.2. The van der Waals surface area contributed by atoms with Crippen LogP contribution in [0.4, 0.5) is 0 Å². The lowest BCUT2D eigenvalue weighted by atomic mass is 10.0. The number of esters is 1. The number of aliphatic carboxylic acids is 1. The number of aliphatic hydroxyl groups excluding tert-OH is 1. The topological polar surface area (TPSA) is 169 Å². The molecule has 1 amide bonds. The molecule has 0 fully saturated rings.